The highest BCUT2D eigenvalue weighted by Gasteiger charge is 2.18. The topological polar surface area (TPSA) is 170 Å². The molecule has 0 fully saturated rings. The first-order valence-corrected chi connectivity index (χ1v) is 4.21. The van der Waals surface area contributed by atoms with E-state index >= 15 is 0 Å². The minimum atomic E-state index is -0.898. The number of nitrogens with one attached hydrogen (secondary N) is 1. The van der Waals surface area contributed by atoms with E-state index in [2.05, 4.69) is 19.7 Å². The van der Waals surface area contributed by atoms with Crippen molar-refractivity contribution in [3.8, 4) is 0 Å². The first-order chi connectivity index (χ1) is 7.09. The number of aromatic amines is 1. The third-order valence-electron chi connectivity index (χ3n) is 1.54. The van der Waals surface area contributed by atoms with Crippen molar-refractivity contribution in [2.75, 3.05) is 0 Å². The van der Waals surface area contributed by atoms with E-state index in [1.807, 2.05) is 0 Å². The third-order valence-corrected chi connectivity index (χ3v) is 1.54. The molecule has 1 aromatic heterocycles. The van der Waals surface area contributed by atoms with Gasteiger partial charge < -0.3 is 21.7 Å². The summed E-state index contributed by atoms with van der Waals surface area (Å²) in [7, 11) is 0. The number of carbonyl (C=O) groups is 2. The maximum Gasteiger partial charge on any atom is 0.372 e. The van der Waals surface area contributed by atoms with Gasteiger partial charge in [-0.15, -0.1) is 0 Å². The van der Waals surface area contributed by atoms with Crippen molar-refractivity contribution in [3.05, 3.63) is 18.2 Å². The molecule has 17 heavy (non-hydrogen) atoms. The summed E-state index contributed by atoms with van der Waals surface area (Å²) in [5.41, 5.74) is 6.18. The van der Waals surface area contributed by atoms with Crippen LogP contribution in [0.25, 0.3) is 0 Å². The van der Waals surface area contributed by atoms with Gasteiger partial charge in [0.15, 0.2) is 0 Å². The average Bonchev–Trinajstić information content (AvgIpc) is 2.66. The Balaban J connectivity index is 0. The smallest absolute Gasteiger partial charge is 0.372 e. The second kappa shape index (κ2) is 8.21. The highest BCUT2D eigenvalue weighted by atomic mass is 17.2. The Morgan fingerprint density at radius 2 is 2.12 bits per heavy atom. The number of hydrogen-bond acceptors (Lipinski definition) is 6. The van der Waals surface area contributed by atoms with Gasteiger partial charge in [0.05, 0.1) is 6.33 Å². The molecule has 9 nitrogen and oxygen atoms in total. The second-order valence-electron chi connectivity index (χ2n) is 2.86. The molecular weight excluding hydrogens is 234 g/mol. The molecule has 0 aliphatic rings. The summed E-state index contributed by atoms with van der Waals surface area (Å²) in [5, 5.41) is 0. The third kappa shape index (κ3) is 6.25. The number of nitrogens with zero attached hydrogens (tertiary/aromatic N) is 1. The molecule has 9 heteroatoms. The Morgan fingerprint density at radius 1 is 1.47 bits per heavy atom. The highest BCUT2D eigenvalue weighted by Crippen LogP contribution is 1.98. The predicted octanol–water partition coefficient (Wildman–Crippen LogP) is -2.35. The zero-order valence-electron chi connectivity index (χ0n) is 9.10. The first kappa shape index (κ1) is 17.4. The molecule has 0 aromatic carbocycles. The van der Waals surface area contributed by atoms with Crippen LogP contribution in [0.1, 0.15) is 12.6 Å². The largest absolute Gasteiger partial charge is 0.412 e. The molecule has 1 rings (SSSR count). The lowest BCUT2D eigenvalue weighted by Crippen LogP contribution is -2.34. The highest BCUT2D eigenvalue weighted by molar-refractivity contribution is 5.76. The summed E-state index contributed by atoms with van der Waals surface area (Å²) in [6.07, 6.45) is 3.25. The molecule has 0 amide bonds. The van der Waals surface area contributed by atoms with Crippen molar-refractivity contribution in [2.45, 2.75) is 19.4 Å². The van der Waals surface area contributed by atoms with Gasteiger partial charge in [0.1, 0.15) is 6.04 Å². The molecule has 0 spiro atoms. The van der Waals surface area contributed by atoms with E-state index in [1.54, 1.807) is 6.20 Å². The van der Waals surface area contributed by atoms with E-state index in [9.17, 15) is 9.59 Å². The fourth-order valence-corrected chi connectivity index (χ4v) is 0.878. The van der Waals surface area contributed by atoms with E-state index in [1.165, 1.54) is 6.33 Å². The van der Waals surface area contributed by atoms with Crippen LogP contribution in [-0.4, -0.2) is 38.9 Å². The molecule has 1 heterocycles. The van der Waals surface area contributed by atoms with Crippen LogP contribution < -0.4 is 5.73 Å². The van der Waals surface area contributed by atoms with Crippen molar-refractivity contribution in [3.63, 3.8) is 0 Å². The van der Waals surface area contributed by atoms with Gasteiger partial charge >= 0.3 is 11.9 Å². The molecule has 0 radical (unpaired) electrons. The summed E-state index contributed by atoms with van der Waals surface area (Å²) < 4.78 is 0. The number of carbonyl (C=O) groups excluding carboxylic acids is 2. The maximum absolute atomic E-state index is 11.1. The number of H-pyrrole nitrogens is 1. The van der Waals surface area contributed by atoms with E-state index < -0.39 is 18.0 Å². The van der Waals surface area contributed by atoms with Crippen LogP contribution >= 0.6 is 0 Å². The average molecular weight is 249 g/mol. The molecule has 0 bridgehead atoms. The lowest BCUT2D eigenvalue weighted by atomic mass is 10.2. The molecule has 0 saturated heterocycles. The normalized spacial score (nSPS) is 10.5. The van der Waals surface area contributed by atoms with Crippen LogP contribution in [0, 0.1) is 0 Å². The Labute approximate surface area is 96.5 Å². The van der Waals surface area contributed by atoms with E-state index in [-0.39, 0.29) is 17.4 Å². The number of nitrogens with two attached hydrogens (primary N) is 1. The summed E-state index contributed by atoms with van der Waals surface area (Å²) in [6.45, 7) is 1.12. The number of rotatable bonds is 3. The zero-order valence-corrected chi connectivity index (χ0v) is 9.10. The lowest BCUT2D eigenvalue weighted by Gasteiger charge is -2.07. The number of imidazole rings is 1. The fraction of sp³-hybridized carbons (Fsp3) is 0.375. The Bertz CT molecular complexity index is 339. The van der Waals surface area contributed by atoms with Gasteiger partial charge in [-0.25, -0.2) is 24.3 Å². The van der Waals surface area contributed by atoms with Crippen molar-refractivity contribution in [1.82, 2.24) is 9.97 Å². The Morgan fingerprint density at radius 3 is 2.59 bits per heavy atom. The van der Waals surface area contributed by atoms with E-state index in [0.29, 0.717) is 5.69 Å². The molecule has 1 aromatic rings. The monoisotopic (exact) mass is 249 g/mol. The minimum absolute atomic E-state index is 0. The molecule has 0 saturated carbocycles. The van der Waals surface area contributed by atoms with Gasteiger partial charge in [-0.3, -0.25) is 0 Å². The fourth-order valence-electron chi connectivity index (χ4n) is 0.878. The molecule has 98 valence electrons. The Hall–Kier alpha value is -1.97. The maximum atomic E-state index is 11.1. The minimum Gasteiger partial charge on any atom is -0.412 e. The van der Waals surface area contributed by atoms with Crippen LogP contribution in [0.4, 0.5) is 0 Å². The van der Waals surface area contributed by atoms with Gasteiger partial charge in [0.2, 0.25) is 0 Å². The lowest BCUT2D eigenvalue weighted by molar-refractivity contribution is -0.258. The van der Waals surface area contributed by atoms with Gasteiger partial charge in [-0.1, -0.05) is 0 Å². The summed E-state index contributed by atoms with van der Waals surface area (Å²) in [4.78, 5) is 36.2. The quantitative estimate of drug-likeness (QED) is 0.448. The molecule has 1 atom stereocenters. The van der Waals surface area contributed by atoms with Gasteiger partial charge in [-0.2, -0.15) is 0 Å². The van der Waals surface area contributed by atoms with E-state index in [0.717, 1.165) is 6.92 Å². The van der Waals surface area contributed by atoms with Crippen LogP contribution in [0.3, 0.4) is 0 Å². The Kier molecular flexibility index (Phi) is 8.42. The van der Waals surface area contributed by atoms with Gasteiger partial charge in [0.25, 0.3) is 0 Å². The molecular formula is C8H15N3O6. The van der Waals surface area contributed by atoms with Crippen LogP contribution in [0.15, 0.2) is 12.5 Å². The van der Waals surface area contributed by atoms with Crippen molar-refractivity contribution >= 4 is 11.9 Å². The van der Waals surface area contributed by atoms with Crippen LogP contribution in [-0.2, 0) is 25.8 Å². The predicted molar refractivity (Wildman–Crippen MR) is 55.4 cm³/mol. The molecule has 0 aliphatic carbocycles. The van der Waals surface area contributed by atoms with Crippen molar-refractivity contribution < 1.29 is 30.3 Å². The van der Waals surface area contributed by atoms with Crippen molar-refractivity contribution in [2.24, 2.45) is 5.73 Å². The molecule has 0 aliphatic heterocycles. The standard InChI is InChI=1S/C8H11N3O4.2H2O/c1-5(12)14-15-8(13)7(9)2-6-3-10-4-11-6;;/h3-4,7H,2,9H2,1H3,(H,10,11);2*1H2. The SMILES string of the molecule is CC(=O)OOC(=O)C(N)Cc1cnc[nH]1.O.O. The summed E-state index contributed by atoms with van der Waals surface area (Å²) >= 11 is 0. The molecule has 7 N–H and O–H groups in total. The van der Waals surface area contributed by atoms with Crippen LogP contribution in [0.2, 0.25) is 0 Å². The van der Waals surface area contributed by atoms with Gasteiger partial charge in [-0.05, 0) is 0 Å². The second-order valence-corrected chi connectivity index (χ2v) is 2.86. The van der Waals surface area contributed by atoms with Crippen molar-refractivity contribution in [1.29, 1.82) is 0 Å². The molecule has 1 unspecified atom stereocenters. The van der Waals surface area contributed by atoms with Crippen LogP contribution in [0.5, 0.6) is 0 Å². The van der Waals surface area contributed by atoms with Gasteiger partial charge in [0, 0.05) is 25.2 Å². The summed E-state index contributed by atoms with van der Waals surface area (Å²) in [5.74, 6) is -1.52. The van der Waals surface area contributed by atoms with E-state index in [4.69, 9.17) is 5.73 Å². The number of aromatic nitrogens is 2. The number of hydrogen-bond donors (Lipinski definition) is 2. The zero-order chi connectivity index (χ0) is 11.3. The summed E-state index contributed by atoms with van der Waals surface area (Å²) in [6, 6.07) is -0.898. The first-order valence-electron chi connectivity index (χ1n) is 4.21.